The van der Waals surface area contributed by atoms with E-state index in [9.17, 15) is 4.79 Å². The van der Waals surface area contributed by atoms with Crippen molar-refractivity contribution in [1.29, 1.82) is 0 Å². The van der Waals surface area contributed by atoms with Crippen molar-refractivity contribution in [3.05, 3.63) is 58.3 Å². The van der Waals surface area contributed by atoms with Gasteiger partial charge in [-0.25, -0.2) is 4.98 Å². The smallest absolute Gasteiger partial charge is 0.248 e. The van der Waals surface area contributed by atoms with Gasteiger partial charge in [-0.3, -0.25) is 9.20 Å². The second-order valence-electron chi connectivity index (χ2n) is 4.39. The first-order valence-corrected chi connectivity index (χ1v) is 7.60. The number of aromatic nitrogens is 2. The molecule has 0 aliphatic carbocycles. The van der Waals surface area contributed by atoms with E-state index in [1.807, 2.05) is 16.0 Å². The van der Waals surface area contributed by atoms with Crippen LogP contribution in [0.3, 0.4) is 0 Å². The fourth-order valence-electron chi connectivity index (χ4n) is 1.95. The SMILES string of the molecule is C#Cc1cccc(NC(=O)/C=C/c2c(Cl)nc3sccn23)c1. The number of hydrogen-bond donors (Lipinski definition) is 1. The molecule has 0 bridgehead atoms. The molecule has 0 saturated carbocycles. The first kappa shape index (κ1) is 14.4. The Morgan fingerprint density at radius 1 is 1.50 bits per heavy atom. The Labute approximate surface area is 136 Å². The molecular weight excluding hydrogens is 318 g/mol. The van der Waals surface area contributed by atoms with Crippen molar-refractivity contribution in [1.82, 2.24) is 9.38 Å². The predicted molar refractivity (Wildman–Crippen MR) is 90.1 cm³/mol. The van der Waals surface area contributed by atoms with Gasteiger partial charge >= 0.3 is 0 Å². The van der Waals surface area contributed by atoms with Crippen molar-refractivity contribution >= 4 is 45.6 Å². The number of carbonyl (C=O) groups excluding carboxylic acids is 1. The maximum Gasteiger partial charge on any atom is 0.248 e. The van der Waals surface area contributed by atoms with Gasteiger partial charge in [-0.05, 0) is 24.3 Å². The Morgan fingerprint density at radius 2 is 2.36 bits per heavy atom. The van der Waals surface area contributed by atoms with E-state index >= 15 is 0 Å². The molecule has 22 heavy (non-hydrogen) atoms. The number of terminal acetylenes is 1. The molecule has 0 aliphatic heterocycles. The lowest BCUT2D eigenvalue weighted by atomic mass is 10.2. The van der Waals surface area contributed by atoms with Crippen LogP contribution >= 0.6 is 22.9 Å². The van der Waals surface area contributed by atoms with Crippen LogP contribution in [0.15, 0.2) is 41.9 Å². The summed E-state index contributed by atoms with van der Waals surface area (Å²) >= 11 is 7.54. The van der Waals surface area contributed by atoms with Gasteiger partial charge in [0.05, 0.1) is 5.69 Å². The Morgan fingerprint density at radius 3 is 3.18 bits per heavy atom. The molecule has 1 amide bonds. The van der Waals surface area contributed by atoms with E-state index in [1.54, 1.807) is 30.3 Å². The highest BCUT2D eigenvalue weighted by Crippen LogP contribution is 2.22. The van der Waals surface area contributed by atoms with Crippen molar-refractivity contribution in [2.24, 2.45) is 0 Å². The molecule has 2 aromatic heterocycles. The molecule has 0 unspecified atom stereocenters. The average Bonchev–Trinajstić information content (AvgIpc) is 3.06. The number of fused-ring (bicyclic) bond motifs is 1. The lowest BCUT2D eigenvalue weighted by Crippen LogP contribution is -2.07. The fraction of sp³-hybridized carbons (Fsp3) is 0. The van der Waals surface area contributed by atoms with Crippen LogP contribution in [0.1, 0.15) is 11.3 Å². The minimum Gasteiger partial charge on any atom is -0.322 e. The van der Waals surface area contributed by atoms with Gasteiger partial charge in [-0.15, -0.1) is 17.8 Å². The van der Waals surface area contributed by atoms with Gasteiger partial charge in [0.25, 0.3) is 0 Å². The number of thiazole rings is 1. The number of halogens is 1. The summed E-state index contributed by atoms with van der Waals surface area (Å²) in [4.78, 5) is 17.0. The molecule has 6 heteroatoms. The summed E-state index contributed by atoms with van der Waals surface area (Å²) in [5.74, 6) is 2.25. The van der Waals surface area contributed by atoms with Crippen molar-refractivity contribution in [3.63, 3.8) is 0 Å². The van der Waals surface area contributed by atoms with Gasteiger partial charge in [0.2, 0.25) is 5.91 Å². The van der Waals surface area contributed by atoms with E-state index < -0.39 is 0 Å². The summed E-state index contributed by atoms with van der Waals surface area (Å²) in [6, 6.07) is 7.09. The molecule has 0 radical (unpaired) electrons. The highest BCUT2D eigenvalue weighted by molar-refractivity contribution is 7.15. The summed E-state index contributed by atoms with van der Waals surface area (Å²) in [6.07, 6.45) is 10.2. The summed E-state index contributed by atoms with van der Waals surface area (Å²) < 4.78 is 1.83. The monoisotopic (exact) mass is 327 g/mol. The highest BCUT2D eigenvalue weighted by Gasteiger charge is 2.08. The fourth-order valence-corrected chi connectivity index (χ4v) is 2.96. The van der Waals surface area contributed by atoms with E-state index in [0.29, 0.717) is 22.1 Å². The van der Waals surface area contributed by atoms with Crippen LogP contribution in [0.5, 0.6) is 0 Å². The van der Waals surface area contributed by atoms with Gasteiger partial charge in [-0.1, -0.05) is 23.6 Å². The quantitative estimate of drug-likeness (QED) is 0.589. The molecule has 1 N–H and O–H groups in total. The standard InChI is InChI=1S/C16H10ClN3OS/c1-2-11-4-3-5-12(10-11)18-14(21)7-6-13-15(17)19-16-20(13)8-9-22-16/h1,3-10H,(H,18,21)/b7-6+. The number of rotatable bonds is 3. The Bertz CT molecular complexity index is 917. The topological polar surface area (TPSA) is 46.4 Å². The van der Waals surface area contributed by atoms with Crippen LogP contribution in [0.25, 0.3) is 11.0 Å². The molecule has 4 nitrogen and oxygen atoms in total. The van der Waals surface area contributed by atoms with Crippen LogP contribution in [-0.4, -0.2) is 15.3 Å². The molecule has 0 atom stereocenters. The van der Waals surface area contributed by atoms with Crippen molar-refractivity contribution < 1.29 is 4.79 Å². The number of imidazole rings is 1. The minimum atomic E-state index is -0.268. The zero-order valence-electron chi connectivity index (χ0n) is 11.3. The van der Waals surface area contributed by atoms with Gasteiger partial charge in [0.15, 0.2) is 10.1 Å². The van der Waals surface area contributed by atoms with Crippen LogP contribution < -0.4 is 5.32 Å². The van der Waals surface area contributed by atoms with Gasteiger partial charge < -0.3 is 5.32 Å². The third kappa shape index (κ3) is 2.89. The number of benzene rings is 1. The summed E-state index contributed by atoms with van der Waals surface area (Å²) in [7, 11) is 0. The molecule has 3 aromatic rings. The number of anilines is 1. The van der Waals surface area contributed by atoms with Crippen LogP contribution in [0.2, 0.25) is 5.15 Å². The molecule has 1 aromatic carbocycles. The third-order valence-electron chi connectivity index (χ3n) is 2.94. The summed E-state index contributed by atoms with van der Waals surface area (Å²) in [6.45, 7) is 0. The summed E-state index contributed by atoms with van der Waals surface area (Å²) in [5, 5.41) is 5.02. The maximum absolute atomic E-state index is 12.0. The molecule has 0 aliphatic rings. The van der Waals surface area contributed by atoms with Crippen molar-refractivity contribution in [3.8, 4) is 12.3 Å². The van der Waals surface area contributed by atoms with Crippen molar-refractivity contribution in [2.45, 2.75) is 0 Å². The first-order chi connectivity index (χ1) is 10.7. The second-order valence-corrected chi connectivity index (χ2v) is 5.62. The molecule has 0 fully saturated rings. The Hall–Kier alpha value is -2.55. The molecule has 0 saturated heterocycles. The third-order valence-corrected chi connectivity index (χ3v) is 3.98. The van der Waals surface area contributed by atoms with E-state index in [2.05, 4.69) is 16.2 Å². The van der Waals surface area contributed by atoms with Gasteiger partial charge in [0, 0.05) is 28.9 Å². The maximum atomic E-state index is 12.0. The molecular formula is C16H10ClN3OS. The minimum absolute atomic E-state index is 0.268. The summed E-state index contributed by atoms with van der Waals surface area (Å²) in [5.41, 5.74) is 2.02. The molecule has 3 rings (SSSR count). The Kier molecular flexibility index (Phi) is 3.96. The van der Waals surface area contributed by atoms with E-state index in [-0.39, 0.29) is 5.91 Å². The number of amides is 1. The largest absolute Gasteiger partial charge is 0.322 e. The first-order valence-electron chi connectivity index (χ1n) is 6.34. The lowest BCUT2D eigenvalue weighted by Gasteiger charge is -2.02. The average molecular weight is 328 g/mol. The predicted octanol–water partition coefficient (Wildman–Crippen LogP) is 3.68. The van der Waals surface area contributed by atoms with Gasteiger partial charge in [-0.2, -0.15) is 0 Å². The normalized spacial score (nSPS) is 10.9. The van der Waals surface area contributed by atoms with Crippen LogP contribution in [0, 0.1) is 12.3 Å². The van der Waals surface area contributed by atoms with E-state index in [1.165, 1.54) is 17.4 Å². The number of carbonyl (C=O) groups is 1. The number of nitrogens with zero attached hydrogens (tertiary/aromatic N) is 2. The lowest BCUT2D eigenvalue weighted by molar-refractivity contribution is -0.111. The highest BCUT2D eigenvalue weighted by atomic mass is 35.5. The Balaban J connectivity index is 1.77. The zero-order chi connectivity index (χ0) is 15.5. The number of nitrogens with one attached hydrogen (secondary N) is 1. The van der Waals surface area contributed by atoms with E-state index in [0.717, 1.165) is 4.96 Å². The van der Waals surface area contributed by atoms with Crippen LogP contribution in [0.4, 0.5) is 5.69 Å². The molecule has 2 heterocycles. The van der Waals surface area contributed by atoms with Crippen molar-refractivity contribution in [2.75, 3.05) is 5.32 Å². The second kappa shape index (κ2) is 6.06. The number of hydrogen-bond acceptors (Lipinski definition) is 3. The van der Waals surface area contributed by atoms with Crippen LogP contribution in [-0.2, 0) is 4.79 Å². The van der Waals surface area contributed by atoms with Gasteiger partial charge in [0.1, 0.15) is 0 Å². The molecule has 108 valence electrons. The molecule has 0 spiro atoms. The van der Waals surface area contributed by atoms with E-state index in [4.69, 9.17) is 18.0 Å². The zero-order valence-corrected chi connectivity index (χ0v) is 12.9.